The summed E-state index contributed by atoms with van der Waals surface area (Å²) >= 11 is 0. The molecule has 0 saturated carbocycles. The largest absolute Gasteiger partial charge is 0.475 e. The molecule has 0 aliphatic carbocycles. The molecular formula is C22H24N8O2. The van der Waals surface area contributed by atoms with Crippen LogP contribution in [0.15, 0.2) is 24.8 Å². The summed E-state index contributed by atoms with van der Waals surface area (Å²) in [4.78, 5) is 24.0. The van der Waals surface area contributed by atoms with Crippen molar-refractivity contribution in [1.82, 2.24) is 38.8 Å². The van der Waals surface area contributed by atoms with E-state index in [0.717, 1.165) is 40.3 Å². The highest BCUT2D eigenvalue weighted by Gasteiger charge is 2.23. The van der Waals surface area contributed by atoms with E-state index in [-0.39, 0.29) is 5.91 Å². The first-order valence-corrected chi connectivity index (χ1v) is 10.5. The molecule has 0 aromatic carbocycles. The Balaban J connectivity index is 1.71. The summed E-state index contributed by atoms with van der Waals surface area (Å²) in [6.45, 7) is 2.76. The minimum Gasteiger partial charge on any atom is -0.475 e. The van der Waals surface area contributed by atoms with Crippen molar-refractivity contribution in [3.8, 4) is 17.1 Å². The quantitative estimate of drug-likeness (QED) is 0.457. The average molecular weight is 432 g/mol. The molecule has 0 radical (unpaired) electrons. The number of carbonyl (C=O) groups excluding carboxylic acids is 1. The molecule has 10 heteroatoms. The maximum atomic E-state index is 13.3. The summed E-state index contributed by atoms with van der Waals surface area (Å²) in [6.07, 6.45) is 11.8. The molecule has 2 bridgehead atoms. The van der Waals surface area contributed by atoms with E-state index in [2.05, 4.69) is 20.2 Å². The number of nitrogens with zero attached hydrogens (tertiary/aromatic N) is 8. The lowest BCUT2D eigenvalue weighted by Gasteiger charge is -2.18. The number of hydrogen-bond donors (Lipinski definition) is 0. The molecule has 0 saturated heterocycles. The summed E-state index contributed by atoms with van der Waals surface area (Å²) in [5, 5.41) is 8.92. The Bertz CT molecular complexity index is 1360. The van der Waals surface area contributed by atoms with E-state index >= 15 is 0 Å². The molecule has 0 spiro atoms. The van der Waals surface area contributed by atoms with Crippen LogP contribution in [-0.4, -0.2) is 64.9 Å². The summed E-state index contributed by atoms with van der Waals surface area (Å²) in [7, 11) is 5.39. The van der Waals surface area contributed by atoms with Crippen LogP contribution in [-0.2, 0) is 20.5 Å². The van der Waals surface area contributed by atoms with E-state index in [4.69, 9.17) is 4.74 Å². The van der Waals surface area contributed by atoms with Crippen LogP contribution >= 0.6 is 0 Å². The molecule has 164 valence electrons. The Morgan fingerprint density at radius 1 is 1.06 bits per heavy atom. The Kier molecular flexibility index (Phi) is 4.76. The highest BCUT2D eigenvalue weighted by atomic mass is 16.5. The topological polar surface area (TPSA) is 95.4 Å². The highest BCUT2D eigenvalue weighted by Crippen LogP contribution is 2.29. The average Bonchev–Trinajstić information content (AvgIpc) is 3.45. The fraction of sp³-hybridized carbons (Fsp3) is 0.318. The number of hydrogen-bond acceptors (Lipinski definition) is 6. The summed E-state index contributed by atoms with van der Waals surface area (Å²) in [5.74, 6) is 0.489. The second-order valence-electron chi connectivity index (χ2n) is 7.77. The van der Waals surface area contributed by atoms with Gasteiger partial charge in [0.1, 0.15) is 12.3 Å². The van der Waals surface area contributed by atoms with Crippen molar-refractivity contribution in [2.75, 3.05) is 20.2 Å². The predicted octanol–water partition coefficient (Wildman–Crippen LogP) is 2.06. The summed E-state index contributed by atoms with van der Waals surface area (Å²) < 4.78 is 11.3. The molecule has 1 aliphatic heterocycles. The van der Waals surface area contributed by atoms with Gasteiger partial charge in [0.2, 0.25) is 5.88 Å². The Hall–Kier alpha value is -3.95. The molecule has 0 atom stereocenters. The van der Waals surface area contributed by atoms with Gasteiger partial charge < -0.3 is 9.64 Å². The van der Waals surface area contributed by atoms with Crippen molar-refractivity contribution < 1.29 is 9.53 Å². The second kappa shape index (κ2) is 7.63. The molecule has 4 aromatic rings. The van der Waals surface area contributed by atoms with Crippen molar-refractivity contribution in [2.45, 2.75) is 13.3 Å². The van der Waals surface area contributed by atoms with Crippen LogP contribution in [0, 0.1) is 0 Å². The van der Waals surface area contributed by atoms with Gasteiger partial charge in [-0.25, -0.2) is 9.67 Å². The number of imidazole rings is 1. The molecule has 1 amide bonds. The minimum absolute atomic E-state index is 0.108. The van der Waals surface area contributed by atoms with E-state index in [1.807, 2.05) is 36.7 Å². The first-order valence-electron chi connectivity index (χ1n) is 10.5. The third-order valence-electron chi connectivity index (χ3n) is 5.72. The third kappa shape index (κ3) is 3.15. The van der Waals surface area contributed by atoms with Gasteiger partial charge in [0.05, 0.1) is 47.8 Å². The zero-order valence-corrected chi connectivity index (χ0v) is 18.5. The predicted molar refractivity (Wildman–Crippen MR) is 119 cm³/mol. The summed E-state index contributed by atoms with van der Waals surface area (Å²) in [6, 6.07) is 0. The Morgan fingerprint density at radius 3 is 2.72 bits per heavy atom. The van der Waals surface area contributed by atoms with Gasteiger partial charge in [0, 0.05) is 32.9 Å². The van der Waals surface area contributed by atoms with Gasteiger partial charge in [-0.05, 0) is 18.6 Å². The molecule has 4 aromatic heterocycles. The standard InChI is InChI=1S/C22H24N8O2/c1-5-17-15-7-6-14-10-24-19-12-23-18(13-30(14)19)16-11-25-29(4)22(16)32-9-8-27(2)21(31)20(15)28(3)26-17/h6-7,10-13H,5,8-9H2,1-4H3/b7-6+. The van der Waals surface area contributed by atoms with Gasteiger partial charge in [-0.2, -0.15) is 10.2 Å². The lowest BCUT2D eigenvalue weighted by atomic mass is 10.1. The highest BCUT2D eigenvalue weighted by molar-refractivity contribution is 5.97. The van der Waals surface area contributed by atoms with Crippen molar-refractivity contribution in [1.29, 1.82) is 0 Å². The maximum Gasteiger partial charge on any atom is 0.272 e. The van der Waals surface area contributed by atoms with E-state index in [0.29, 0.717) is 24.7 Å². The fourth-order valence-electron chi connectivity index (χ4n) is 3.96. The van der Waals surface area contributed by atoms with Crippen LogP contribution in [0.3, 0.4) is 0 Å². The van der Waals surface area contributed by atoms with E-state index < -0.39 is 0 Å². The van der Waals surface area contributed by atoms with Gasteiger partial charge in [-0.1, -0.05) is 6.92 Å². The first kappa shape index (κ1) is 20.0. The number of amides is 1. The van der Waals surface area contributed by atoms with E-state index in [1.54, 1.807) is 46.9 Å². The molecule has 0 unspecified atom stereocenters. The number of aromatic nitrogens is 7. The van der Waals surface area contributed by atoms with Crippen LogP contribution in [0.1, 0.15) is 34.4 Å². The SMILES string of the molecule is CCc1nn(C)c2c1/C=C/c1cnc3cnc(cn13)-c1cnn(C)c1OCCN(C)C2=O. The molecule has 1 aliphatic rings. The zero-order valence-electron chi connectivity index (χ0n) is 18.5. The molecule has 0 N–H and O–H groups in total. The molecule has 10 nitrogen and oxygen atoms in total. The second-order valence-corrected chi connectivity index (χ2v) is 7.77. The third-order valence-corrected chi connectivity index (χ3v) is 5.72. The van der Waals surface area contributed by atoms with Crippen LogP contribution < -0.4 is 4.74 Å². The molecule has 5 heterocycles. The molecule has 0 fully saturated rings. The van der Waals surface area contributed by atoms with Crippen molar-refractivity contribution in [3.05, 3.63) is 47.4 Å². The Labute approximate surface area is 184 Å². The van der Waals surface area contributed by atoms with Gasteiger partial charge >= 0.3 is 0 Å². The van der Waals surface area contributed by atoms with Gasteiger partial charge in [0.25, 0.3) is 5.91 Å². The maximum absolute atomic E-state index is 13.3. The number of carbonyl (C=O) groups is 1. The molecular weight excluding hydrogens is 408 g/mol. The van der Waals surface area contributed by atoms with Gasteiger partial charge in [-0.15, -0.1) is 0 Å². The number of likely N-dealkylation sites (N-methyl/N-ethyl adjacent to an activating group) is 1. The lowest BCUT2D eigenvalue weighted by Crippen LogP contribution is -2.32. The number of ether oxygens (including phenoxy) is 1. The van der Waals surface area contributed by atoms with Crippen molar-refractivity contribution in [2.24, 2.45) is 14.1 Å². The van der Waals surface area contributed by atoms with Crippen LogP contribution in [0.5, 0.6) is 5.88 Å². The smallest absolute Gasteiger partial charge is 0.272 e. The number of rotatable bonds is 1. The van der Waals surface area contributed by atoms with Crippen LogP contribution in [0.2, 0.25) is 0 Å². The van der Waals surface area contributed by atoms with Crippen LogP contribution in [0.4, 0.5) is 0 Å². The molecule has 5 rings (SSSR count). The van der Waals surface area contributed by atoms with E-state index in [1.165, 1.54) is 0 Å². The summed E-state index contributed by atoms with van der Waals surface area (Å²) in [5.41, 5.74) is 5.33. The van der Waals surface area contributed by atoms with Crippen molar-refractivity contribution >= 4 is 23.7 Å². The van der Waals surface area contributed by atoms with E-state index in [9.17, 15) is 4.79 Å². The van der Waals surface area contributed by atoms with Crippen molar-refractivity contribution in [3.63, 3.8) is 0 Å². The minimum atomic E-state index is -0.108. The van der Waals surface area contributed by atoms with Gasteiger partial charge in [0.15, 0.2) is 5.65 Å². The Morgan fingerprint density at radius 2 is 1.91 bits per heavy atom. The lowest BCUT2D eigenvalue weighted by molar-refractivity contribution is 0.0760. The zero-order chi connectivity index (χ0) is 22.4. The van der Waals surface area contributed by atoms with Gasteiger partial charge in [-0.3, -0.25) is 18.9 Å². The fourth-order valence-corrected chi connectivity index (χ4v) is 3.96. The number of aryl methyl sites for hydroxylation is 3. The number of fused-ring (bicyclic) bond motifs is 4. The normalized spacial score (nSPS) is 15.2. The molecule has 32 heavy (non-hydrogen) atoms. The first-order chi connectivity index (χ1) is 15.5. The van der Waals surface area contributed by atoms with Crippen LogP contribution in [0.25, 0.3) is 29.1 Å². The monoisotopic (exact) mass is 432 g/mol.